The van der Waals surface area contributed by atoms with Crippen molar-refractivity contribution in [3.8, 4) is 0 Å². The number of hydrogen-bond donors (Lipinski definition) is 0. The molecule has 96 valence electrons. The molecule has 0 atom stereocenters. The van der Waals surface area contributed by atoms with Crippen LogP contribution in [0.4, 0.5) is 0 Å². The van der Waals surface area contributed by atoms with Gasteiger partial charge in [0, 0.05) is 0 Å². The zero-order valence-corrected chi connectivity index (χ0v) is 12.6. The van der Waals surface area contributed by atoms with Crippen LogP contribution in [0.1, 0.15) is 26.2 Å². The van der Waals surface area contributed by atoms with Crippen LogP contribution in [0.3, 0.4) is 0 Å². The van der Waals surface area contributed by atoms with Gasteiger partial charge in [-0.1, -0.05) is 72.9 Å². The number of benzene rings is 1. The van der Waals surface area contributed by atoms with E-state index in [1.807, 2.05) is 0 Å². The molecular weight excluding hydrogens is 232 g/mol. The Labute approximate surface area is 114 Å². The maximum absolute atomic E-state index is 7.78. The number of rotatable bonds is 4. The van der Waals surface area contributed by atoms with E-state index in [2.05, 4.69) is 55.2 Å². The van der Waals surface area contributed by atoms with Gasteiger partial charge in [0.25, 0.3) is 0 Å². The van der Waals surface area contributed by atoms with Crippen molar-refractivity contribution < 1.29 is 1.37 Å². The number of aryl methyl sites for hydroxylation is 1. The third-order valence-corrected chi connectivity index (χ3v) is 6.24. The molecule has 0 radical (unpaired) electrons. The van der Waals surface area contributed by atoms with Crippen molar-refractivity contribution in [3.63, 3.8) is 0 Å². The Morgan fingerprint density at radius 1 is 1.28 bits per heavy atom. The van der Waals surface area contributed by atoms with Gasteiger partial charge in [-0.25, -0.2) is 0 Å². The third kappa shape index (κ3) is 4.30. The first kappa shape index (κ1) is 12.0. The lowest BCUT2D eigenvalue weighted by atomic mass is 10.0. The topological polar surface area (TPSA) is 0 Å². The van der Waals surface area contributed by atoms with Crippen molar-refractivity contribution in [2.45, 2.75) is 44.8 Å². The molecule has 0 saturated heterocycles. The predicted molar refractivity (Wildman–Crippen MR) is 83.5 cm³/mol. The average Bonchev–Trinajstić information content (AvgIpc) is 2.37. The fourth-order valence-electron chi connectivity index (χ4n) is 2.47. The van der Waals surface area contributed by atoms with Gasteiger partial charge in [-0.2, -0.15) is 0 Å². The predicted octanol–water partition coefficient (Wildman–Crippen LogP) is 5.14. The minimum absolute atomic E-state index is 0.811. The Morgan fingerprint density at radius 3 is 2.78 bits per heavy atom. The normalized spacial score (nSPS) is 19.6. The summed E-state index contributed by atoms with van der Waals surface area (Å²) in [4.78, 5) is 0. The van der Waals surface area contributed by atoms with Crippen molar-refractivity contribution in [1.29, 1.82) is 0 Å². The first-order valence-corrected chi connectivity index (χ1v) is 10.3. The van der Waals surface area contributed by atoms with E-state index in [9.17, 15) is 0 Å². The maximum Gasteiger partial charge on any atom is 0.0724 e. The third-order valence-electron chi connectivity index (χ3n) is 3.55. The van der Waals surface area contributed by atoms with Gasteiger partial charge >= 0.3 is 0 Å². The number of hydrogen-bond acceptors (Lipinski definition) is 0. The Bertz CT molecular complexity index is 471. The van der Waals surface area contributed by atoms with E-state index in [0.717, 1.165) is 18.9 Å². The van der Waals surface area contributed by atoms with E-state index < -0.39 is 8.07 Å². The standard InChI is InChI=1S/C17H24Si/c1-18(2,15-17-11-7-4-8-12-17)14-13-16-9-5-3-6-10-16/h3,5-7,9-11,15H,4,8,12-14H2,1-2H3/b17-15-/i7D. The minimum atomic E-state index is -1.29. The quantitative estimate of drug-likeness (QED) is 0.655. The summed E-state index contributed by atoms with van der Waals surface area (Å²) in [5.74, 6) is 0. The van der Waals surface area contributed by atoms with Crippen molar-refractivity contribution in [2.24, 2.45) is 0 Å². The van der Waals surface area contributed by atoms with Gasteiger partial charge in [0.2, 0.25) is 0 Å². The Kier molecular flexibility index (Phi) is 4.12. The van der Waals surface area contributed by atoms with E-state index in [-0.39, 0.29) is 0 Å². The summed E-state index contributed by atoms with van der Waals surface area (Å²) < 4.78 is 7.78. The van der Waals surface area contributed by atoms with E-state index in [1.54, 1.807) is 0 Å². The first-order chi connectivity index (χ1) is 9.05. The summed E-state index contributed by atoms with van der Waals surface area (Å²) in [5.41, 5.74) is 5.38. The van der Waals surface area contributed by atoms with Crippen LogP contribution in [0.25, 0.3) is 0 Å². The van der Waals surface area contributed by atoms with Crippen LogP contribution in [0.15, 0.2) is 53.7 Å². The molecular formula is C17H24Si. The molecule has 0 N–H and O–H groups in total. The highest BCUT2D eigenvalue weighted by Gasteiger charge is 2.18. The number of allylic oxidation sites excluding steroid dienone is 3. The summed E-state index contributed by atoms with van der Waals surface area (Å²) in [6, 6.07) is 12.9. The molecule has 1 aromatic rings. The van der Waals surface area contributed by atoms with Gasteiger partial charge in [-0.15, -0.1) is 0 Å². The monoisotopic (exact) mass is 257 g/mol. The molecule has 1 heteroatoms. The maximum atomic E-state index is 7.78. The molecule has 0 fully saturated rings. The summed E-state index contributed by atoms with van der Waals surface area (Å²) in [5, 5.41) is 0. The molecule has 0 saturated carbocycles. The molecule has 1 aliphatic carbocycles. The molecule has 0 spiro atoms. The van der Waals surface area contributed by atoms with Gasteiger partial charge in [-0.3, -0.25) is 0 Å². The van der Waals surface area contributed by atoms with Crippen molar-refractivity contribution in [1.82, 2.24) is 0 Å². The van der Waals surface area contributed by atoms with Crippen molar-refractivity contribution in [3.05, 3.63) is 59.3 Å². The highest BCUT2D eigenvalue weighted by molar-refractivity contribution is 6.82. The second-order valence-corrected chi connectivity index (χ2v) is 10.7. The van der Waals surface area contributed by atoms with Crippen molar-refractivity contribution in [2.75, 3.05) is 0 Å². The van der Waals surface area contributed by atoms with Crippen LogP contribution in [-0.4, -0.2) is 8.07 Å². The van der Waals surface area contributed by atoms with Gasteiger partial charge in [-0.05, 0) is 31.2 Å². The Morgan fingerprint density at radius 2 is 2.06 bits per heavy atom. The zero-order chi connectivity index (χ0) is 13.7. The van der Waals surface area contributed by atoms with Gasteiger partial charge in [0.15, 0.2) is 0 Å². The van der Waals surface area contributed by atoms with E-state index in [4.69, 9.17) is 1.37 Å². The van der Waals surface area contributed by atoms with Crippen LogP contribution >= 0.6 is 0 Å². The summed E-state index contributed by atoms with van der Waals surface area (Å²) >= 11 is 0. The van der Waals surface area contributed by atoms with Gasteiger partial charge in [0.05, 0.1) is 9.44 Å². The molecule has 2 rings (SSSR count). The lowest BCUT2D eigenvalue weighted by Crippen LogP contribution is -2.24. The summed E-state index contributed by atoms with van der Waals surface area (Å²) in [6.45, 7) is 4.88. The van der Waals surface area contributed by atoms with Crippen LogP contribution in [0.2, 0.25) is 19.1 Å². The second-order valence-electron chi connectivity index (χ2n) is 5.90. The van der Waals surface area contributed by atoms with Crippen LogP contribution in [-0.2, 0) is 6.42 Å². The van der Waals surface area contributed by atoms with Gasteiger partial charge in [0.1, 0.15) is 0 Å². The summed E-state index contributed by atoms with van der Waals surface area (Å²) in [6.07, 6.45) is 6.57. The molecule has 0 amide bonds. The van der Waals surface area contributed by atoms with Crippen molar-refractivity contribution >= 4 is 8.07 Å². The molecule has 0 bridgehead atoms. The van der Waals surface area contributed by atoms with E-state index in [1.165, 1.54) is 30.0 Å². The SMILES string of the molecule is [2H]C1=C/C(=C/[Si](C)(C)CCc2ccccc2)CCC1. The average molecular weight is 257 g/mol. The fraction of sp³-hybridized carbons (Fsp3) is 0.412. The van der Waals surface area contributed by atoms with Gasteiger partial charge < -0.3 is 0 Å². The summed E-state index contributed by atoms with van der Waals surface area (Å²) in [7, 11) is -1.29. The molecule has 1 aliphatic rings. The van der Waals surface area contributed by atoms with Crippen LogP contribution in [0, 0.1) is 0 Å². The molecule has 0 nitrogen and oxygen atoms in total. The van der Waals surface area contributed by atoms with E-state index in [0.29, 0.717) is 0 Å². The molecule has 0 unspecified atom stereocenters. The fourth-order valence-corrected chi connectivity index (χ4v) is 4.78. The van der Waals surface area contributed by atoms with E-state index >= 15 is 0 Å². The Balaban J connectivity index is 1.98. The molecule has 1 aromatic carbocycles. The first-order valence-electron chi connectivity index (χ1n) is 7.48. The zero-order valence-electron chi connectivity index (χ0n) is 12.6. The molecule has 0 aromatic heterocycles. The highest BCUT2D eigenvalue weighted by atomic mass is 28.3. The lowest BCUT2D eigenvalue weighted by molar-refractivity contribution is 0.821. The molecule has 0 aliphatic heterocycles. The van der Waals surface area contributed by atoms with Crippen LogP contribution < -0.4 is 0 Å². The second kappa shape index (κ2) is 6.19. The lowest BCUT2D eigenvalue weighted by Gasteiger charge is -2.20. The minimum Gasteiger partial charge on any atom is -0.0916 e. The molecule has 18 heavy (non-hydrogen) atoms. The smallest absolute Gasteiger partial charge is 0.0724 e. The molecule has 0 heterocycles. The van der Waals surface area contributed by atoms with Crippen LogP contribution in [0.5, 0.6) is 0 Å². The highest BCUT2D eigenvalue weighted by Crippen LogP contribution is 2.22. The largest absolute Gasteiger partial charge is 0.0916 e. The Hall–Kier alpha value is -1.08.